The number of non-ortho nitro benzene ring substituents is 1. The van der Waals surface area contributed by atoms with E-state index in [1.807, 2.05) is 0 Å². The lowest BCUT2D eigenvalue weighted by Gasteiger charge is -2.11. The van der Waals surface area contributed by atoms with E-state index in [9.17, 15) is 19.7 Å². The first-order valence-electron chi connectivity index (χ1n) is 9.84. The highest BCUT2D eigenvalue weighted by molar-refractivity contribution is 6.02. The fourth-order valence-corrected chi connectivity index (χ4v) is 2.82. The average Bonchev–Trinajstić information content (AvgIpc) is 2.82. The van der Waals surface area contributed by atoms with Gasteiger partial charge < -0.3 is 20.1 Å². The first kappa shape index (κ1) is 23.0. The normalized spacial score (nSPS) is 10.5. The van der Waals surface area contributed by atoms with Gasteiger partial charge in [-0.15, -0.1) is 0 Å². The number of methoxy groups -OCH3 is 1. The summed E-state index contributed by atoms with van der Waals surface area (Å²) in [5, 5.41) is 16.1. The number of carbonyl (C=O) groups excluding carboxylic acids is 2. The SMILES string of the molecule is COc1ccccc1OCC(=O)Nc1cccc(NC(=O)/C=C/c2ccc([N+](=O)[O-])cc2)c1. The van der Waals surface area contributed by atoms with Crippen molar-refractivity contribution in [1.29, 1.82) is 0 Å². The predicted molar refractivity (Wildman–Crippen MR) is 124 cm³/mol. The van der Waals surface area contributed by atoms with Crippen LogP contribution in [-0.4, -0.2) is 30.5 Å². The molecule has 3 aromatic rings. The molecule has 33 heavy (non-hydrogen) atoms. The van der Waals surface area contributed by atoms with Crippen LogP contribution in [0.5, 0.6) is 11.5 Å². The second-order valence-corrected chi connectivity index (χ2v) is 6.74. The number of amides is 2. The third-order valence-electron chi connectivity index (χ3n) is 4.37. The first-order chi connectivity index (χ1) is 15.9. The molecule has 3 aromatic carbocycles. The van der Waals surface area contributed by atoms with Gasteiger partial charge in [0.05, 0.1) is 12.0 Å². The van der Waals surface area contributed by atoms with E-state index >= 15 is 0 Å². The Morgan fingerprint density at radius 2 is 1.61 bits per heavy atom. The van der Waals surface area contributed by atoms with Crippen LogP contribution in [0.15, 0.2) is 78.9 Å². The van der Waals surface area contributed by atoms with Crippen molar-refractivity contribution in [2.75, 3.05) is 24.4 Å². The third kappa shape index (κ3) is 6.93. The Kier molecular flexibility index (Phi) is 7.74. The Morgan fingerprint density at radius 1 is 0.939 bits per heavy atom. The molecule has 9 heteroatoms. The zero-order chi connectivity index (χ0) is 23.6. The zero-order valence-electron chi connectivity index (χ0n) is 17.7. The largest absolute Gasteiger partial charge is 0.493 e. The summed E-state index contributed by atoms with van der Waals surface area (Å²) in [5.74, 6) is 0.214. The Morgan fingerprint density at radius 3 is 2.27 bits per heavy atom. The Hall–Kier alpha value is -4.66. The van der Waals surface area contributed by atoms with Gasteiger partial charge in [0.2, 0.25) is 5.91 Å². The standard InChI is InChI=1S/C24H21N3O6/c1-32-21-7-2-3-8-22(21)33-16-24(29)26-19-6-4-5-18(15-19)25-23(28)14-11-17-9-12-20(13-10-17)27(30)31/h2-15H,16H2,1H3,(H,25,28)(H,26,29)/b14-11+. The van der Waals surface area contributed by atoms with Gasteiger partial charge in [0.25, 0.3) is 11.6 Å². The molecule has 2 amide bonds. The molecule has 168 valence electrons. The number of nitrogens with one attached hydrogen (secondary N) is 2. The highest BCUT2D eigenvalue weighted by Crippen LogP contribution is 2.25. The molecular weight excluding hydrogens is 426 g/mol. The van der Waals surface area contributed by atoms with Crippen LogP contribution >= 0.6 is 0 Å². The predicted octanol–water partition coefficient (Wildman–Crippen LogP) is 4.27. The van der Waals surface area contributed by atoms with E-state index in [0.29, 0.717) is 28.4 Å². The van der Waals surface area contributed by atoms with Crippen molar-refractivity contribution >= 4 is 35.0 Å². The van der Waals surface area contributed by atoms with Crippen molar-refractivity contribution in [3.8, 4) is 11.5 Å². The van der Waals surface area contributed by atoms with Gasteiger partial charge in [-0.25, -0.2) is 0 Å². The molecule has 0 aliphatic carbocycles. The lowest BCUT2D eigenvalue weighted by atomic mass is 10.2. The molecule has 0 fully saturated rings. The second-order valence-electron chi connectivity index (χ2n) is 6.74. The van der Waals surface area contributed by atoms with Crippen molar-refractivity contribution in [2.45, 2.75) is 0 Å². The van der Waals surface area contributed by atoms with Gasteiger partial charge in [-0.2, -0.15) is 0 Å². The molecule has 0 radical (unpaired) electrons. The topological polar surface area (TPSA) is 120 Å². The number of hydrogen-bond donors (Lipinski definition) is 2. The van der Waals surface area contributed by atoms with E-state index < -0.39 is 10.8 Å². The van der Waals surface area contributed by atoms with Crippen LogP contribution in [0.4, 0.5) is 17.1 Å². The lowest BCUT2D eigenvalue weighted by Crippen LogP contribution is -2.20. The summed E-state index contributed by atoms with van der Waals surface area (Å²) in [6, 6.07) is 19.5. The molecule has 2 N–H and O–H groups in total. The number of nitro groups is 1. The summed E-state index contributed by atoms with van der Waals surface area (Å²) in [6.07, 6.45) is 2.85. The molecule has 0 spiro atoms. The number of nitro benzene ring substituents is 1. The van der Waals surface area contributed by atoms with E-state index in [1.165, 1.54) is 25.3 Å². The minimum atomic E-state index is -0.489. The van der Waals surface area contributed by atoms with Gasteiger partial charge in [-0.1, -0.05) is 18.2 Å². The maximum atomic E-state index is 12.2. The number of ether oxygens (including phenoxy) is 2. The summed E-state index contributed by atoms with van der Waals surface area (Å²) in [6.45, 7) is -0.213. The molecule has 0 saturated carbocycles. The maximum Gasteiger partial charge on any atom is 0.269 e. The number of rotatable bonds is 9. The molecule has 0 saturated heterocycles. The van der Waals surface area contributed by atoms with Crippen molar-refractivity contribution in [3.05, 3.63) is 94.6 Å². The molecule has 0 bridgehead atoms. The van der Waals surface area contributed by atoms with Gasteiger partial charge in [0.1, 0.15) is 0 Å². The summed E-state index contributed by atoms with van der Waals surface area (Å²) in [7, 11) is 1.52. The fourth-order valence-electron chi connectivity index (χ4n) is 2.82. The number of para-hydroxylation sites is 2. The smallest absolute Gasteiger partial charge is 0.269 e. The molecule has 0 atom stereocenters. The molecule has 0 unspecified atom stereocenters. The number of carbonyl (C=O) groups is 2. The average molecular weight is 447 g/mol. The lowest BCUT2D eigenvalue weighted by molar-refractivity contribution is -0.384. The van der Waals surface area contributed by atoms with E-state index in [0.717, 1.165) is 0 Å². The van der Waals surface area contributed by atoms with Crippen LogP contribution in [0.2, 0.25) is 0 Å². The summed E-state index contributed by atoms with van der Waals surface area (Å²) >= 11 is 0. The van der Waals surface area contributed by atoms with Crippen LogP contribution in [0.3, 0.4) is 0 Å². The minimum Gasteiger partial charge on any atom is -0.493 e. The highest BCUT2D eigenvalue weighted by Gasteiger charge is 2.08. The zero-order valence-corrected chi connectivity index (χ0v) is 17.7. The number of hydrogen-bond acceptors (Lipinski definition) is 6. The van der Waals surface area contributed by atoms with Crippen molar-refractivity contribution < 1.29 is 24.0 Å². The molecule has 0 aliphatic heterocycles. The molecule has 9 nitrogen and oxygen atoms in total. The first-order valence-corrected chi connectivity index (χ1v) is 9.84. The van der Waals surface area contributed by atoms with Gasteiger partial charge >= 0.3 is 0 Å². The number of benzene rings is 3. The van der Waals surface area contributed by atoms with Gasteiger partial charge in [-0.3, -0.25) is 19.7 Å². The van der Waals surface area contributed by atoms with Crippen molar-refractivity contribution in [2.24, 2.45) is 0 Å². The summed E-state index contributed by atoms with van der Waals surface area (Å²) in [5.41, 5.74) is 1.59. The Bertz CT molecular complexity index is 1170. The summed E-state index contributed by atoms with van der Waals surface area (Å²) < 4.78 is 10.7. The van der Waals surface area contributed by atoms with Gasteiger partial charge in [-0.05, 0) is 54.1 Å². The van der Waals surface area contributed by atoms with E-state index in [-0.39, 0.29) is 18.2 Å². The maximum absolute atomic E-state index is 12.2. The van der Waals surface area contributed by atoms with Crippen LogP contribution in [0.25, 0.3) is 6.08 Å². The molecule has 0 aromatic heterocycles. The monoisotopic (exact) mass is 447 g/mol. The minimum absolute atomic E-state index is 0.0243. The van der Waals surface area contributed by atoms with Crippen molar-refractivity contribution in [1.82, 2.24) is 0 Å². The fraction of sp³-hybridized carbons (Fsp3) is 0.0833. The van der Waals surface area contributed by atoms with Crippen LogP contribution in [0, 0.1) is 10.1 Å². The molecule has 0 aliphatic rings. The highest BCUT2D eigenvalue weighted by atomic mass is 16.6. The van der Waals surface area contributed by atoms with E-state index in [4.69, 9.17) is 9.47 Å². The number of nitrogens with zero attached hydrogens (tertiary/aromatic N) is 1. The third-order valence-corrected chi connectivity index (χ3v) is 4.37. The second kappa shape index (κ2) is 11.1. The van der Waals surface area contributed by atoms with Gasteiger partial charge in [0, 0.05) is 29.6 Å². The van der Waals surface area contributed by atoms with E-state index in [1.54, 1.807) is 66.7 Å². The quantitative estimate of drug-likeness (QED) is 0.287. The Labute approximate surface area is 189 Å². The van der Waals surface area contributed by atoms with Crippen LogP contribution < -0.4 is 20.1 Å². The number of anilines is 2. The molecule has 3 rings (SSSR count). The van der Waals surface area contributed by atoms with Crippen LogP contribution in [-0.2, 0) is 9.59 Å². The molecular formula is C24H21N3O6. The summed E-state index contributed by atoms with van der Waals surface area (Å²) in [4.78, 5) is 34.6. The van der Waals surface area contributed by atoms with Crippen molar-refractivity contribution in [3.63, 3.8) is 0 Å². The van der Waals surface area contributed by atoms with Crippen LogP contribution in [0.1, 0.15) is 5.56 Å². The Balaban J connectivity index is 1.53. The van der Waals surface area contributed by atoms with Gasteiger partial charge in [0.15, 0.2) is 18.1 Å². The molecule has 0 heterocycles. The van der Waals surface area contributed by atoms with E-state index in [2.05, 4.69) is 10.6 Å².